The molecule has 0 unspecified atom stereocenters. The third-order valence-electron chi connectivity index (χ3n) is 4.71. The zero-order valence-electron chi connectivity index (χ0n) is 15.3. The van der Waals surface area contributed by atoms with E-state index in [0.29, 0.717) is 13.1 Å². The van der Waals surface area contributed by atoms with Gasteiger partial charge in [-0.25, -0.2) is 4.98 Å². The first-order valence-electron chi connectivity index (χ1n) is 9.13. The number of rotatable bonds is 6. The molecule has 0 radical (unpaired) electrons. The summed E-state index contributed by atoms with van der Waals surface area (Å²) < 4.78 is 6.08. The van der Waals surface area contributed by atoms with Gasteiger partial charge in [0.05, 0.1) is 12.3 Å². The quantitative estimate of drug-likeness (QED) is 0.496. The van der Waals surface area contributed by atoms with Crippen LogP contribution in [-0.4, -0.2) is 23.2 Å². The number of aliphatic hydroxyl groups excluding tert-OH is 1. The zero-order valence-corrected chi connectivity index (χ0v) is 15.3. The molecule has 4 rings (SSSR count). The van der Waals surface area contributed by atoms with Gasteiger partial charge in [-0.1, -0.05) is 48.5 Å². The molecule has 4 aromatic rings. The molecule has 4 nitrogen and oxygen atoms in total. The Kier molecular flexibility index (Phi) is 5.01. The van der Waals surface area contributed by atoms with Gasteiger partial charge in [0.1, 0.15) is 11.3 Å². The van der Waals surface area contributed by atoms with Gasteiger partial charge in [0.15, 0.2) is 5.58 Å². The summed E-state index contributed by atoms with van der Waals surface area (Å²) >= 11 is 0. The first kappa shape index (κ1) is 17.5. The van der Waals surface area contributed by atoms with Crippen LogP contribution in [0.3, 0.4) is 0 Å². The second kappa shape index (κ2) is 7.74. The van der Waals surface area contributed by atoms with Gasteiger partial charge in [0.2, 0.25) is 0 Å². The van der Waals surface area contributed by atoms with Crippen molar-refractivity contribution < 1.29 is 9.52 Å². The maximum Gasteiger partial charge on any atom is 0.153 e. The van der Waals surface area contributed by atoms with Crippen molar-refractivity contribution in [2.24, 2.45) is 0 Å². The predicted octanol–water partition coefficient (Wildman–Crippen LogP) is 4.55. The smallest absolute Gasteiger partial charge is 0.153 e. The summed E-state index contributed by atoms with van der Waals surface area (Å²) in [6.45, 7) is 3.43. The van der Waals surface area contributed by atoms with Gasteiger partial charge in [0.25, 0.3) is 0 Å². The van der Waals surface area contributed by atoms with E-state index in [4.69, 9.17) is 9.52 Å². The Morgan fingerprint density at radius 1 is 0.963 bits per heavy atom. The lowest BCUT2D eigenvalue weighted by Gasteiger charge is -2.09. The minimum atomic E-state index is 0.120. The van der Waals surface area contributed by atoms with Gasteiger partial charge in [0, 0.05) is 24.7 Å². The molecule has 0 atom stereocenters. The highest BCUT2D eigenvalue weighted by atomic mass is 16.3. The topological polar surface area (TPSA) is 58.3 Å². The van der Waals surface area contributed by atoms with Crippen LogP contribution in [0.15, 0.2) is 71.1 Å². The van der Waals surface area contributed by atoms with Crippen LogP contribution < -0.4 is 5.32 Å². The maximum absolute atomic E-state index is 8.88. The average Bonchev–Trinajstić information content (AvgIpc) is 3.12. The number of nitrogens with one attached hydrogen (secondary N) is 1. The van der Waals surface area contributed by atoms with E-state index in [2.05, 4.69) is 59.7 Å². The summed E-state index contributed by atoms with van der Waals surface area (Å²) in [5.74, 6) is 0.827. The molecular weight excluding hydrogens is 336 g/mol. The van der Waals surface area contributed by atoms with Crippen molar-refractivity contribution in [3.63, 3.8) is 0 Å². The first-order chi connectivity index (χ1) is 13.3. The van der Waals surface area contributed by atoms with E-state index in [1.165, 1.54) is 16.7 Å². The average molecular weight is 358 g/mol. The predicted molar refractivity (Wildman–Crippen MR) is 108 cm³/mol. The molecule has 0 amide bonds. The van der Waals surface area contributed by atoms with Crippen LogP contribution in [0.25, 0.3) is 33.6 Å². The second-order valence-electron chi connectivity index (χ2n) is 6.54. The fraction of sp³-hybridized carbons (Fsp3) is 0.174. The number of hydrogen-bond donors (Lipinski definition) is 2. The minimum Gasteiger partial charge on any atom is -0.454 e. The number of furan rings is 1. The van der Waals surface area contributed by atoms with Gasteiger partial charge >= 0.3 is 0 Å². The molecule has 4 heteroatoms. The van der Waals surface area contributed by atoms with Crippen molar-refractivity contribution in [3.05, 3.63) is 78.0 Å². The van der Waals surface area contributed by atoms with Crippen molar-refractivity contribution in [1.82, 2.24) is 10.3 Å². The number of nitrogens with zero attached hydrogens (tertiary/aromatic N) is 1. The summed E-state index contributed by atoms with van der Waals surface area (Å²) in [5.41, 5.74) is 7.22. The summed E-state index contributed by atoms with van der Waals surface area (Å²) in [5, 5.41) is 12.0. The molecule has 136 valence electrons. The monoisotopic (exact) mass is 358 g/mol. The zero-order chi connectivity index (χ0) is 18.6. The molecular formula is C23H22N2O2. The molecule has 0 saturated carbocycles. The Hall–Kier alpha value is -2.95. The molecule has 0 saturated heterocycles. The number of aliphatic hydroxyl groups is 1. The summed E-state index contributed by atoms with van der Waals surface area (Å²) in [4.78, 5) is 4.67. The molecule has 2 N–H and O–H groups in total. The van der Waals surface area contributed by atoms with E-state index >= 15 is 0 Å². The van der Waals surface area contributed by atoms with Gasteiger partial charge < -0.3 is 14.8 Å². The first-order valence-corrected chi connectivity index (χ1v) is 9.13. The van der Waals surface area contributed by atoms with Crippen molar-refractivity contribution in [2.45, 2.75) is 13.5 Å². The fourth-order valence-corrected chi connectivity index (χ4v) is 3.33. The van der Waals surface area contributed by atoms with Crippen molar-refractivity contribution in [3.8, 4) is 22.5 Å². The standard InChI is InChI=1S/C23H22N2O2/c1-16-19(17-6-3-2-4-7-17)8-5-9-20(16)23-14-21-22(27-23)11-10-18(25-21)15-24-12-13-26/h2-11,14,24,26H,12-13,15H2,1H3. The Morgan fingerprint density at radius 2 is 1.78 bits per heavy atom. The Labute approximate surface area is 158 Å². The summed E-state index contributed by atoms with van der Waals surface area (Å²) in [6, 6.07) is 22.6. The van der Waals surface area contributed by atoms with E-state index in [0.717, 1.165) is 28.1 Å². The molecule has 2 aromatic carbocycles. The van der Waals surface area contributed by atoms with E-state index < -0.39 is 0 Å². The molecule has 2 aromatic heterocycles. The van der Waals surface area contributed by atoms with Crippen LogP contribution in [0, 0.1) is 6.92 Å². The van der Waals surface area contributed by atoms with Crippen LogP contribution in [0.2, 0.25) is 0 Å². The van der Waals surface area contributed by atoms with E-state index in [9.17, 15) is 0 Å². The van der Waals surface area contributed by atoms with Crippen molar-refractivity contribution in [1.29, 1.82) is 0 Å². The molecule has 0 aliphatic carbocycles. The maximum atomic E-state index is 8.88. The SMILES string of the molecule is Cc1c(-c2ccccc2)cccc1-c1cc2nc(CNCCO)ccc2o1. The number of benzene rings is 2. The Balaban J connectivity index is 1.70. The molecule has 0 fully saturated rings. The number of hydrogen-bond acceptors (Lipinski definition) is 4. The normalized spacial score (nSPS) is 11.2. The second-order valence-corrected chi connectivity index (χ2v) is 6.54. The van der Waals surface area contributed by atoms with Crippen LogP contribution in [0.4, 0.5) is 0 Å². The number of fused-ring (bicyclic) bond motifs is 1. The van der Waals surface area contributed by atoms with Crippen molar-refractivity contribution in [2.75, 3.05) is 13.2 Å². The lowest BCUT2D eigenvalue weighted by atomic mass is 9.95. The highest BCUT2D eigenvalue weighted by molar-refractivity contribution is 5.83. The molecule has 0 spiro atoms. The largest absolute Gasteiger partial charge is 0.454 e. The van der Waals surface area contributed by atoms with Gasteiger partial charge in [-0.2, -0.15) is 0 Å². The molecule has 0 bridgehead atoms. The third-order valence-corrected chi connectivity index (χ3v) is 4.71. The highest BCUT2D eigenvalue weighted by Crippen LogP contribution is 2.34. The van der Waals surface area contributed by atoms with E-state index in [1.807, 2.05) is 24.3 Å². The molecule has 27 heavy (non-hydrogen) atoms. The summed E-state index contributed by atoms with van der Waals surface area (Å²) in [6.07, 6.45) is 0. The van der Waals surface area contributed by atoms with Crippen LogP contribution in [0.1, 0.15) is 11.3 Å². The van der Waals surface area contributed by atoms with E-state index in [1.54, 1.807) is 0 Å². The molecule has 0 aliphatic heterocycles. The van der Waals surface area contributed by atoms with Crippen LogP contribution in [-0.2, 0) is 6.54 Å². The number of aromatic nitrogens is 1. The van der Waals surface area contributed by atoms with Gasteiger partial charge in [-0.05, 0) is 35.7 Å². The Morgan fingerprint density at radius 3 is 2.59 bits per heavy atom. The lowest BCUT2D eigenvalue weighted by Crippen LogP contribution is -2.18. The minimum absolute atomic E-state index is 0.120. The Bertz CT molecular complexity index is 1050. The van der Waals surface area contributed by atoms with E-state index in [-0.39, 0.29) is 6.61 Å². The van der Waals surface area contributed by atoms with Crippen LogP contribution in [0.5, 0.6) is 0 Å². The van der Waals surface area contributed by atoms with Crippen molar-refractivity contribution >= 4 is 11.1 Å². The molecule has 0 aliphatic rings. The van der Waals surface area contributed by atoms with Crippen LogP contribution >= 0.6 is 0 Å². The molecule has 2 heterocycles. The summed E-state index contributed by atoms with van der Waals surface area (Å²) in [7, 11) is 0. The lowest BCUT2D eigenvalue weighted by molar-refractivity contribution is 0.291. The third kappa shape index (κ3) is 3.63. The van der Waals surface area contributed by atoms with Gasteiger partial charge in [-0.3, -0.25) is 0 Å². The number of pyridine rings is 1. The van der Waals surface area contributed by atoms with Gasteiger partial charge in [-0.15, -0.1) is 0 Å². The highest BCUT2D eigenvalue weighted by Gasteiger charge is 2.13. The fourth-order valence-electron chi connectivity index (χ4n) is 3.33.